The smallest absolute Gasteiger partial charge is 0.294 e. The zero-order chi connectivity index (χ0) is 15.5. The van der Waals surface area contributed by atoms with E-state index in [1.165, 1.54) is 12.3 Å². The predicted molar refractivity (Wildman–Crippen MR) is 73.4 cm³/mol. The Morgan fingerprint density at radius 2 is 1.90 bits per heavy atom. The molecule has 0 N–H and O–H groups in total. The third kappa shape index (κ3) is 4.01. The Morgan fingerprint density at radius 1 is 1.14 bits per heavy atom. The van der Waals surface area contributed by atoms with Gasteiger partial charge in [-0.05, 0) is 37.7 Å². The van der Waals surface area contributed by atoms with E-state index in [-0.39, 0.29) is 6.04 Å². The molecule has 1 atom stereocenters. The quantitative estimate of drug-likeness (QED) is 0.861. The number of halogens is 3. The van der Waals surface area contributed by atoms with Gasteiger partial charge in [0.2, 0.25) is 0 Å². The van der Waals surface area contributed by atoms with Gasteiger partial charge in [-0.2, -0.15) is 13.2 Å². The van der Waals surface area contributed by atoms with Crippen LogP contribution in [0.2, 0.25) is 0 Å². The van der Waals surface area contributed by atoms with Gasteiger partial charge < -0.3 is 0 Å². The van der Waals surface area contributed by atoms with Crippen molar-refractivity contribution in [2.75, 3.05) is 7.05 Å². The fourth-order valence-electron chi connectivity index (χ4n) is 1.96. The SMILES string of the molecule is C[C@H](c1ccccn1)N(C)Cc1ccc(C(F)(F)F)nc1. The van der Waals surface area contributed by atoms with Crippen molar-refractivity contribution in [3.8, 4) is 0 Å². The first kappa shape index (κ1) is 15.4. The highest BCUT2D eigenvalue weighted by molar-refractivity contribution is 5.16. The molecule has 0 saturated carbocycles. The van der Waals surface area contributed by atoms with Crippen molar-refractivity contribution >= 4 is 0 Å². The average molecular weight is 295 g/mol. The number of rotatable bonds is 4. The lowest BCUT2D eigenvalue weighted by Gasteiger charge is -2.24. The lowest BCUT2D eigenvalue weighted by molar-refractivity contribution is -0.141. The summed E-state index contributed by atoms with van der Waals surface area (Å²) in [7, 11) is 1.90. The maximum absolute atomic E-state index is 12.5. The molecular formula is C15H16F3N3. The Kier molecular flexibility index (Phi) is 4.57. The first-order chi connectivity index (χ1) is 9.88. The largest absolute Gasteiger partial charge is 0.433 e. The van der Waals surface area contributed by atoms with Gasteiger partial charge in [0, 0.05) is 25.0 Å². The van der Waals surface area contributed by atoms with Crippen molar-refractivity contribution in [3.05, 3.63) is 59.7 Å². The Balaban J connectivity index is 2.04. The van der Waals surface area contributed by atoms with Crippen LogP contribution in [0.3, 0.4) is 0 Å². The van der Waals surface area contributed by atoms with E-state index in [2.05, 4.69) is 9.97 Å². The van der Waals surface area contributed by atoms with E-state index in [9.17, 15) is 13.2 Å². The molecular weight excluding hydrogens is 279 g/mol. The summed E-state index contributed by atoms with van der Waals surface area (Å²) < 4.78 is 37.4. The van der Waals surface area contributed by atoms with E-state index in [1.54, 1.807) is 6.20 Å². The lowest BCUT2D eigenvalue weighted by atomic mass is 10.1. The highest BCUT2D eigenvalue weighted by Gasteiger charge is 2.32. The van der Waals surface area contributed by atoms with Gasteiger partial charge in [0.1, 0.15) is 5.69 Å². The van der Waals surface area contributed by atoms with E-state index in [1.807, 2.05) is 37.1 Å². The summed E-state index contributed by atoms with van der Waals surface area (Å²) in [6, 6.07) is 8.20. The standard InChI is InChI=1S/C15H16F3N3/c1-11(13-5-3-4-8-19-13)21(2)10-12-6-7-14(20-9-12)15(16,17)18/h3-9,11H,10H2,1-2H3/t11-/m1/s1. The monoisotopic (exact) mass is 295 g/mol. The maximum Gasteiger partial charge on any atom is 0.433 e. The molecule has 0 radical (unpaired) electrons. The molecule has 2 aromatic heterocycles. The predicted octanol–water partition coefficient (Wildman–Crippen LogP) is 3.69. The van der Waals surface area contributed by atoms with Gasteiger partial charge in [-0.15, -0.1) is 0 Å². The van der Waals surface area contributed by atoms with Crippen LogP contribution in [0.25, 0.3) is 0 Å². The molecule has 0 aromatic carbocycles. The fraction of sp³-hybridized carbons (Fsp3) is 0.333. The van der Waals surface area contributed by atoms with Crippen LogP contribution in [0.4, 0.5) is 13.2 Å². The molecule has 3 nitrogen and oxygen atoms in total. The number of pyridine rings is 2. The molecule has 0 bridgehead atoms. The van der Waals surface area contributed by atoms with E-state index < -0.39 is 11.9 Å². The van der Waals surface area contributed by atoms with Crippen molar-refractivity contribution in [2.24, 2.45) is 0 Å². The molecule has 0 aliphatic rings. The molecule has 0 spiro atoms. The number of hydrogen-bond acceptors (Lipinski definition) is 3. The first-order valence-corrected chi connectivity index (χ1v) is 6.51. The minimum Gasteiger partial charge on any atom is -0.294 e. The second-order valence-corrected chi connectivity index (χ2v) is 4.90. The molecule has 0 fully saturated rings. The zero-order valence-corrected chi connectivity index (χ0v) is 11.8. The average Bonchev–Trinajstić information content (AvgIpc) is 2.47. The summed E-state index contributed by atoms with van der Waals surface area (Å²) in [4.78, 5) is 9.76. The third-order valence-corrected chi connectivity index (χ3v) is 3.32. The third-order valence-electron chi connectivity index (χ3n) is 3.32. The molecule has 2 rings (SSSR count). The van der Waals surface area contributed by atoms with Gasteiger partial charge in [-0.1, -0.05) is 12.1 Å². The Morgan fingerprint density at radius 3 is 2.43 bits per heavy atom. The molecule has 2 aromatic rings. The van der Waals surface area contributed by atoms with Gasteiger partial charge >= 0.3 is 6.18 Å². The first-order valence-electron chi connectivity index (χ1n) is 6.51. The van der Waals surface area contributed by atoms with Crippen LogP contribution < -0.4 is 0 Å². The second kappa shape index (κ2) is 6.22. The van der Waals surface area contributed by atoms with Crippen LogP contribution >= 0.6 is 0 Å². The van der Waals surface area contributed by atoms with Gasteiger partial charge in [0.05, 0.1) is 5.69 Å². The Bertz CT molecular complexity index is 567. The van der Waals surface area contributed by atoms with Gasteiger partial charge in [0.15, 0.2) is 0 Å². The molecule has 0 aliphatic carbocycles. The number of aromatic nitrogens is 2. The summed E-state index contributed by atoms with van der Waals surface area (Å²) in [5.41, 5.74) is 0.778. The number of nitrogens with zero attached hydrogens (tertiary/aromatic N) is 3. The molecule has 112 valence electrons. The molecule has 2 heterocycles. The van der Waals surface area contributed by atoms with E-state index in [4.69, 9.17) is 0 Å². The number of hydrogen-bond donors (Lipinski definition) is 0. The van der Waals surface area contributed by atoms with E-state index in [0.717, 1.165) is 17.3 Å². The summed E-state index contributed by atoms with van der Waals surface area (Å²) in [6.45, 7) is 2.50. The second-order valence-electron chi connectivity index (χ2n) is 4.90. The van der Waals surface area contributed by atoms with Crippen LogP contribution in [-0.2, 0) is 12.7 Å². The van der Waals surface area contributed by atoms with Crippen molar-refractivity contribution in [1.82, 2.24) is 14.9 Å². The van der Waals surface area contributed by atoms with Crippen molar-refractivity contribution in [2.45, 2.75) is 25.7 Å². The van der Waals surface area contributed by atoms with Crippen LogP contribution in [0.5, 0.6) is 0 Å². The normalized spacial score (nSPS) is 13.4. The highest BCUT2D eigenvalue weighted by atomic mass is 19.4. The summed E-state index contributed by atoms with van der Waals surface area (Å²) in [5, 5.41) is 0. The summed E-state index contributed by atoms with van der Waals surface area (Å²) in [6.07, 6.45) is -1.41. The zero-order valence-electron chi connectivity index (χ0n) is 11.8. The summed E-state index contributed by atoms with van der Waals surface area (Å²) in [5.74, 6) is 0. The van der Waals surface area contributed by atoms with Gasteiger partial charge in [0.25, 0.3) is 0 Å². The minimum atomic E-state index is -4.40. The molecule has 0 saturated heterocycles. The minimum absolute atomic E-state index is 0.0634. The van der Waals surface area contributed by atoms with Crippen LogP contribution in [0, 0.1) is 0 Å². The van der Waals surface area contributed by atoms with Crippen molar-refractivity contribution in [3.63, 3.8) is 0 Å². The summed E-state index contributed by atoms with van der Waals surface area (Å²) >= 11 is 0. The lowest BCUT2D eigenvalue weighted by Crippen LogP contribution is -2.22. The topological polar surface area (TPSA) is 29.0 Å². The van der Waals surface area contributed by atoms with Gasteiger partial charge in [-0.25, -0.2) is 0 Å². The van der Waals surface area contributed by atoms with Crippen LogP contribution in [0.15, 0.2) is 42.7 Å². The van der Waals surface area contributed by atoms with E-state index >= 15 is 0 Å². The fourth-order valence-corrected chi connectivity index (χ4v) is 1.96. The molecule has 0 unspecified atom stereocenters. The van der Waals surface area contributed by atoms with Crippen LogP contribution in [0.1, 0.15) is 29.9 Å². The van der Waals surface area contributed by atoms with E-state index in [0.29, 0.717) is 6.54 Å². The Hall–Kier alpha value is -1.95. The molecule has 6 heteroatoms. The Labute approximate surface area is 121 Å². The van der Waals surface area contributed by atoms with Gasteiger partial charge in [-0.3, -0.25) is 14.9 Å². The molecule has 0 amide bonds. The van der Waals surface area contributed by atoms with Crippen molar-refractivity contribution in [1.29, 1.82) is 0 Å². The van der Waals surface area contributed by atoms with Crippen LogP contribution in [-0.4, -0.2) is 21.9 Å². The maximum atomic E-state index is 12.5. The molecule has 21 heavy (non-hydrogen) atoms. The van der Waals surface area contributed by atoms with Crippen molar-refractivity contribution < 1.29 is 13.2 Å². The molecule has 0 aliphatic heterocycles. The highest BCUT2D eigenvalue weighted by Crippen LogP contribution is 2.27. The number of alkyl halides is 3.